The van der Waals surface area contributed by atoms with Crippen LogP contribution in [0.1, 0.15) is 16.1 Å². The Morgan fingerprint density at radius 1 is 1.18 bits per heavy atom. The summed E-state index contributed by atoms with van der Waals surface area (Å²) < 4.78 is 15.3. The molecule has 6 heteroatoms. The molecule has 6 nitrogen and oxygen atoms in total. The Morgan fingerprint density at radius 3 is 2.68 bits per heavy atom. The highest BCUT2D eigenvalue weighted by molar-refractivity contribution is 6.00. The molecule has 0 aliphatic carbocycles. The number of nitrogens with zero attached hydrogens (tertiary/aromatic N) is 1. The first-order chi connectivity index (χ1) is 10.6. The number of hydrogen-bond acceptors (Lipinski definition) is 6. The van der Waals surface area contributed by atoms with Crippen LogP contribution in [-0.4, -0.2) is 37.5 Å². The molecule has 1 N–H and O–H groups in total. The van der Waals surface area contributed by atoms with Crippen LogP contribution in [0, 0.1) is 5.41 Å². The Hall–Kier alpha value is -2.89. The van der Waals surface area contributed by atoms with Gasteiger partial charge < -0.3 is 14.2 Å². The largest absolute Gasteiger partial charge is 0.497 e. The highest BCUT2D eigenvalue weighted by atomic mass is 16.5. The normalized spacial score (nSPS) is 9.91. The van der Waals surface area contributed by atoms with Crippen molar-refractivity contribution >= 4 is 11.7 Å². The molecule has 0 atom stereocenters. The molecule has 0 saturated carbocycles. The second-order valence-electron chi connectivity index (χ2n) is 4.37. The third kappa shape index (κ3) is 3.82. The standard InChI is InChI=1S/C16H16N2O4/c1-20-12-4-3-5-13(9-12)22-10-14(17)15-8-11(6-7-18-15)16(19)21-2/h3-9,17H,10H2,1-2H3. The van der Waals surface area contributed by atoms with Gasteiger partial charge in [-0.2, -0.15) is 0 Å². The van der Waals surface area contributed by atoms with Gasteiger partial charge in [0.1, 0.15) is 18.1 Å². The summed E-state index contributed by atoms with van der Waals surface area (Å²) in [7, 11) is 2.88. The van der Waals surface area contributed by atoms with E-state index in [1.807, 2.05) is 0 Å². The van der Waals surface area contributed by atoms with Crippen LogP contribution in [0.5, 0.6) is 11.5 Å². The lowest BCUT2D eigenvalue weighted by atomic mass is 10.2. The van der Waals surface area contributed by atoms with Crippen LogP contribution in [0.4, 0.5) is 0 Å². The van der Waals surface area contributed by atoms with Gasteiger partial charge in [0, 0.05) is 12.3 Å². The average Bonchev–Trinajstić information content (AvgIpc) is 2.59. The van der Waals surface area contributed by atoms with E-state index in [1.165, 1.54) is 25.4 Å². The lowest BCUT2D eigenvalue weighted by Crippen LogP contribution is -2.14. The maximum atomic E-state index is 11.5. The van der Waals surface area contributed by atoms with Gasteiger partial charge in [0.25, 0.3) is 0 Å². The monoisotopic (exact) mass is 300 g/mol. The van der Waals surface area contributed by atoms with E-state index in [1.54, 1.807) is 31.4 Å². The molecule has 0 amide bonds. The minimum atomic E-state index is -0.467. The van der Waals surface area contributed by atoms with Crippen LogP contribution >= 0.6 is 0 Å². The lowest BCUT2D eigenvalue weighted by molar-refractivity contribution is 0.0600. The van der Waals surface area contributed by atoms with E-state index in [0.29, 0.717) is 22.8 Å². The molecule has 22 heavy (non-hydrogen) atoms. The molecule has 1 aromatic heterocycles. The summed E-state index contributed by atoms with van der Waals surface area (Å²) in [6.07, 6.45) is 1.46. The maximum absolute atomic E-state index is 11.5. The first-order valence-electron chi connectivity index (χ1n) is 6.53. The highest BCUT2D eigenvalue weighted by Crippen LogP contribution is 2.19. The van der Waals surface area contributed by atoms with Gasteiger partial charge in [-0.15, -0.1) is 0 Å². The van der Waals surface area contributed by atoms with Crippen LogP contribution in [0.3, 0.4) is 0 Å². The number of carbonyl (C=O) groups excluding carboxylic acids is 1. The van der Waals surface area contributed by atoms with E-state index >= 15 is 0 Å². The van der Waals surface area contributed by atoms with Crippen LogP contribution < -0.4 is 9.47 Å². The van der Waals surface area contributed by atoms with Crippen molar-refractivity contribution in [1.29, 1.82) is 5.41 Å². The molecule has 2 rings (SSSR count). The van der Waals surface area contributed by atoms with Gasteiger partial charge in [0.2, 0.25) is 0 Å². The average molecular weight is 300 g/mol. The Morgan fingerprint density at radius 2 is 1.95 bits per heavy atom. The number of esters is 1. The predicted octanol–water partition coefficient (Wildman–Crippen LogP) is 2.32. The summed E-state index contributed by atoms with van der Waals surface area (Å²) in [6, 6.07) is 10.1. The van der Waals surface area contributed by atoms with E-state index in [2.05, 4.69) is 9.72 Å². The fourth-order valence-electron chi connectivity index (χ4n) is 1.76. The molecule has 1 heterocycles. The Bertz CT molecular complexity index is 685. The summed E-state index contributed by atoms with van der Waals surface area (Å²) in [6.45, 7) is 0.0325. The van der Waals surface area contributed by atoms with E-state index < -0.39 is 5.97 Å². The summed E-state index contributed by atoms with van der Waals surface area (Å²) in [5.74, 6) is 0.799. The summed E-state index contributed by atoms with van der Waals surface area (Å²) in [5, 5.41) is 8.00. The second kappa shape index (κ2) is 7.21. The predicted molar refractivity (Wildman–Crippen MR) is 80.9 cm³/mol. The second-order valence-corrected chi connectivity index (χ2v) is 4.37. The number of hydrogen-bond donors (Lipinski definition) is 1. The number of pyridine rings is 1. The highest BCUT2D eigenvalue weighted by Gasteiger charge is 2.10. The number of nitrogens with one attached hydrogen (secondary N) is 1. The lowest BCUT2D eigenvalue weighted by Gasteiger charge is -2.09. The first kappa shape index (κ1) is 15.5. The third-order valence-corrected chi connectivity index (χ3v) is 2.91. The van der Waals surface area contributed by atoms with Crippen LogP contribution in [-0.2, 0) is 4.74 Å². The summed E-state index contributed by atoms with van der Waals surface area (Å²) in [4.78, 5) is 15.5. The first-order valence-corrected chi connectivity index (χ1v) is 6.53. The number of carbonyl (C=O) groups is 1. The van der Waals surface area contributed by atoms with E-state index in [9.17, 15) is 4.79 Å². The molecule has 0 radical (unpaired) electrons. The van der Waals surface area contributed by atoms with Crippen molar-refractivity contribution in [1.82, 2.24) is 4.98 Å². The molecule has 2 aromatic rings. The Labute approximate surface area is 128 Å². The molecular formula is C16H16N2O4. The van der Waals surface area contributed by atoms with Crippen molar-refractivity contribution in [2.24, 2.45) is 0 Å². The molecule has 0 saturated heterocycles. The Kier molecular flexibility index (Phi) is 5.08. The third-order valence-electron chi connectivity index (χ3n) is 2.91. The van der Waals surface area contributed by atoms with Crippen LogP contribution in [0.15, 0.2) is 42.6 Å². The van der Waals surface area contributed by atoms with Gasteiger partial charge in [-0.05, 0) is 24.3 Å². The number of methoxy groups -OCH3 is 2. The molecular weight excluding hydrogens is 284 g/mol. The number of aromatic nitrogens is 1. The number of rotatable bonds is 6. The maximum Gasteiger partial charge on any atom is 0.337 e. The molecule has 0 fully saturated rings. The topological polar surface area (TPSA) is 81.5 Å². The zero-order valence-corrected chi connectivity index (χ0v) is 12.3. The molecule has 0 aliphatic rings. The molecule has 114 valence electrons. The smallest absolute Gasteiger partial charge is 0.337 e. The Balaban J connectivity index is 2.04. The summed E-state index contributed by atoms with van der Waals surface area (Å²) in [5.41, 5.74) is 0.873. The van der Waals surface area contributed by atoms with Crippen molar-refractivity contribution in [3.05, 3.63) is 53.9 Å². The van der Waals surface area contributed by atoms with Crippen molar-refractivity contribution in [2.45, 2.75) is 0 Å². The van der Waals surface area contributed by atoms with Gasteiger partial charge in [-0.1, -0.05) is 6.07 Å². The molecule has 0 spiro atoms. The fourth-order valence-corrected chi connectivity index (χ4v) is 1.76. The quantitative estimate of drug-likeness (QED) is 0.654. The van der Waals surface area contributed by atoms with Gasteiger partial charge in [0.05, 0.1) is 31.2 Å². The zero-order chi connectivity index (χ0) is 15.9. The summed E-state index contributed by atoms with van der Waals surface area (Å²) >= 11 is 0. The van der Waals surface area contributed by atoms with Crippen molar-refractivity contribution in [2.75, 3.05) is 20.8 Å². The van der Waals surface area contributed by atoms with Gasteiger partial charge in [-0.3, -0.25) is 10.4 Å². The van der Waals surface area contributed by atoms with E-state index in [4.69, 9.17) is 14.9 Å². The van der Waals surface area contributed by atoms with E-state index in [-0.39, 0.29) is 12.3 Å². The van der Waals surface area contributed by atoms with Crippen molar-refractivity contribution in [3.63, 3.8) is 0 Å². The van der Waals surface area contributed by atoms with Crippen LogP contribution in [0.2, 0.25) is 0 Å². The van der Waals surface area contributed by atoms with E-state index in [0.717, 1.165) is 0 Å². The molecule has 0 bridgehead atoms. The van der Waals surface area contributed by atoms with Crippen molar-refractivity contribution < 1.29 is 19.0 Å². The number of benzene rings is 1. The number of ether oxygens (including phenoxy) is 3. The van der Waals surface area contributed by atoms with Crippen molar-refractivity contribution in [3.8, 4) is 11.5 Å². The molecule has 0 unspecified atom stereocenters. The minimum absolute atomic E-state index is 0.0325. The SMILES string of the molecule is COC(=O)c1ccnc(C(=N)COc2cccc(OC)c2)c1. The molecule has 0 aliphatic heterocycles. The fraction of sp³-hybridized carbons (Fsp3) is 0.188. The van der Waals surface area contributed by atoms with Gasteiger partial charge >= 0.3 is 5.97 Å². The minimum Gasteiger partial charge on any atom is -0.497 e. The zero-order valence-electron chi connectivity index (χ0n) is 12.3. The van der Waals surface area contributed by atoms with Crippen LogP contribution in [0.25, 0.3) is 0 Å². The van der Waals surface area contributed by atoms with Gasteiger partial charge in [0.15, 0.2) is 0 Å². The van der Waals surface area contributed by atoms with Gasteiger partial charge in [-0.25, -0.2) is 4.79 Å². The molecule has 1 aromatic carbocycles.